The molecule has 0 aromatic carbocycles. The third-order valence-electron chi connectivity index (χ3n) is 2.85. The van der Waals surface area contributed by atoms with Crippen molar-refractivity contribution in [2.75, 3.05) is 11.5 Å². The Morgan fingerprint density at radius 2 is 2.00 bits per heavy atom. The first kappa shape index (κ1) is 7.54. The minimum Gasteiger partial charge on any atom is -0.449 e. The van der Waals surface area contributed by atoms with Crippen molar-refractivity contribution in [2.24, 2.45) is 0 Å². The third kappa shape index (κ3) is 0.630. The lowest BCUT2D eigenvalue weighted by atomic mass is 10.2. The van der Waals surface area contributed by atoms with Crippen LogP contribution >= 0.6 is 7.14 Å². The van der Waals surface area contributed by atoms with Crippen LogP contribution in [0.3, 0.4) is 0 Å². The van der Waals surface area contributed by atoms with Crippen molar-refractivity contribution in [1.82, 2.24) is 4.98 Å². The fourth-order valence-electron chi connectivity index (χ4n) is 1.89. The van der Waals surface area contributed by atoms with Crippen LogP contribution < -0.4 is 27.6 Å². The molecule has 0 amide bonds. The van der Waals surface area contributed by atoms with E-state index in [0.717, 1.165) is 10.6 Å². The van der Waals surface area contributed by atoms with Crippen molar-refractivity contribution < 1.29 is 8.98 Å². The maximum absolute atomic E-state index is 11.7. The Labute approximate surface area is 84.5 Å². The topological polar surface area (TPSA) is 95.1 Å². The van der Waals surface area contributed by atoms with Gasteiger partial charge in [-0.25, -0.2) is 4.98 Å². The van der Waals surface area contributed by atoms with E-state index in [9.17, 15) is 4.57 Å². The zero-order valence-electron chi connectivity index (χ0n) is 7.52. The van der Waals surface area contributed by atoms with Gasteiger partial charge in [0.15, 0.2) is 11.3 Å². The van der Waals surface area contributed by atoms with E-state index in [4.69, 9.17) is 15.9 Å². The molecule has 0 fully saturated rings. The number of aromatic nitrogens is 1. The fourth-order valence-corrected chi connectivity index (χ4v) is 4.38. The number of furan rings is 1. The zero-order valence-corrected chi connectivity index (χ0v) is 8.41. The molecule has 3 aliphatic heterocycles. The first-order valence-electron chi connectivity index (χ1n) is 4.45. The predicted octanol–water partition coefficient (Wildman–Crippen LogP) is -0.228. The molecule has 0 spiro atoms. The molecule has 5 heterocycles. The second-order valence-corrected chi connectivity index (χ2v) is 6.23. The van der Waals surface area contributed by atoms with Crippen LogP contribution in [0.4, 0.5) is 11.5 Å². The maximum atomic E-state index is 11.7. The molecule has 0 saturated carbocycles. The van der Waals surface area contributed by atoms with Gasteiger partial charge in [-0.3, -0.25) is 0 Å². The highest BCUT2D eigenvalue weighted by molar-refractivity contribution is 8.06. The molecule has 6 heteroatoms. The smallest absolute Gasteiger partial charge is 0.214 e. The van der Waals surface area contributed by atoms with Crippen molar-refractivity contribution in [3.05, 3.63) is 12.1 Å². The highest BCUT2D eigenvalue weighted by Gasteiger charge is 2.74. The summed E-state index contributed by atoms with van der Waals surface area (Å²) in [6.07, 6.45) is 0. The minimum absolute atomic E-state index is 0.275. The second kappa shape index (κ2) is 1.82. The molecule has 1 atom stereocenters. The van der Waals surface area contributed by atoms with Gasteiger partial charge in [0, 0.05) is 0 Å². The summed E-state index contributed by atoms with van der Waals surface area (Å²) in [5, 5.41) is 1.78. The Morgan fingerprint density at radius 3 is 2.53 bits per heavy atom. The summed E-state index contributed by atoms with van der Waals surface area (Å²) in [7, 11) is -2.16. The van der Waals surface area contributed by atoms with E-state index in [1.807, 2.05) is 0 Å². The summed E-state index contributed by atoms with van der Waals surface area (Å²) >= 11 is 0. The zero-order chi connectivity index (χ0) is 10.4. The molecule has 3 aliphatic rings. The Hall–Kier alpha value is -1.74. The highest BCUT2D eigenvalue weighted by atomic mass is 31.2. The first-order chi connectivity index (χ1) is 7.14. The summed E-state index contributed by atoms with van der Waals surface area (Å²) in [5.41, 5.74) is 12.9. The van der Waals surface area contributed by atoms with Gasteiger partial charge in [-0.15, -0.1) is 0 Å². The van der Waals surface area contributed by atoms with Crippen LogP contribution in [0.5, 0.6) is 0 Å². The number of anilines is 2. The standard InChI is InChI=1S/C9H6N3O2P/c10-3-1-2-4(12-8(3)11)5-6-7-9(14-5)15(6,7)13/h1-2H,10H2,(H2,11,12). The van der Waals surface area contributed by atoms with Gasteiger partial charge in [0.1, 0.15) is 11.5 Å². The van der Waals surface area contributed by atoms with Gasteiger partial charge in [0.05, 0.1) is 16.3 Å². The van der Waals surface area contributed by atoms with E-state index in [1.54, 1.807) is 12.1 Å². The number of hydrogen-bond donors (Lipinski definition) is 2. The molecule has 2 aromatic rings. The summed E-state index contributed by atoms with van der Waals surface area (Å²) in [5.74, 6) is 0.881. The molecule has 74 valence electrons. The van der Waals surface area contributed by atoms with Crippen molar-refractivity contribution in [1.29, 1.82) is 0 Å². The number of nitrogen functional groups attached to an aromatic ring is 2. The van der Waals surface area contributed by atoms with Crippen LogP contribution in [0, 0.1) is 0 Å². The first-order valence-corrected chi connectivity index (χ1v) is 6.15. The molecule has 4 N–H and O–H groups in total. The van der Waals surface area contributed by atoms with Crippen LogP contribution in [-0.4, -0.2) is 4.98 Å². The molecule has 5 rings (SSSR count). The van der Waals surface area contributed by atoms with Crippen LogP contribution in [-0.2, 0) is 4.57 Å². The number of rotatable bonds is 1. The SMILES string of the molecule is Nc1ccc(-c2oc3c4c2P34=O)nc1N. The summed E-state index contributed by atoms with van der Waals surface area (Å²) in [6, 6.07) is 3.40. The summed E-state index contributed by atoms with van der Waals surface area (Å²) in [4.78, 5) is 4.10. The van der Waals surface area contributed by atoms with E-state index in [-0.39, 0.29) is 5.82 Å². The van der Waals surface area contributed by atoms with E-state index < -0.39 is 7.14 Å². The van der Waals surface area contributed by atoms with Gasteiger partial charge in [0.25, 0.3) is 0 Å². The van der Waals surface area contributed by atoms with Gasteiger partial charge in [-0.2, -0.15) is 0 Å². The lowest BCUT2D eigenvalue weighted by molar-refractivity contribution is 0.590. The van der Waals surface area contributed by atoms with Gasteiger partial charge in [-0.05, 0) is 12.1 Å². The molecule has 15 heavy (non-hydrogen) atoms. The number of hydrogen-bond acceptors (Lipinski definition) is 5. The Kier molecular flexibility index (Phi) is 0.912. The second-order valence-electron chi connectivity index (χ2n) is 3.71. The van der Waals surface area contributed by atoms with Crippen molar-refractivity contribution in [3.8, 4) is 11.5 Å². The molecule has 2 aromatic heterocycles. The monoisotopic (exact) mass is 219 g/mol. The predicted molar refractivity (Wildman–Crippen MR) is 57.3 cm³/mol. The van der Waals surface area contributed by atoms with Crippen LogP contribution in [0.25, 0.3) is 11.5 Å². The number of nitrogens with zero attached hydrogens (tertiary/aromatic N) is 1. The Morgan fingerprint density at radius 1 is 1.27 bits per heavy atom. The largest absolute Gasteiger partial charge is 0.449 e. The van der Waals surface area contributed by atoms with Crippen LogP contribution in [0.2, 0.25) is 0 Å². The minimum atomic E-state index is -2.16. The average molecular weight is 219 g/mol. The normalized spacial score (nSPS) is 23.7. The van der Waals surface area contributed by atoms with Crippen molar-refractivity contribution >= 4 is 34.8 Å². The molecule has 1 unspecified atom stereocenters. The molecule has 5 nitrogen and oxygen atoms in total. The quantitative estimate of drug-likeness (QED) is 0.431. The fraction of sp³-hybridized carbons (Fsp3) is 0. The molecule has 0 saturated heterocycles. The molecular formula is C9H6N3O2P. The van der Waals surface area contributed by atoms with Crippen molar-refractivity contribution in [2.45, 2.75) is 0 Å². The van der Waals surface area contributed by atoms with Gasteiger partial charge < -0.3 is 20.4 Å². The Bertz CT molecular complexity index is 680. The van der Waals surface area contributed by atoms with Crippen molar-refractivity contribution in [3.63, 3.8) is 0 Å². The number of nitrogens with two attached hydrogens (primary N) is 2. The van der Waals surface area contributed by atoms with Gasteiger partial charge in [-0.1, -0.05) is 0 Å². The highest BCUT2D eigenvalue weighted by Crippen LogP contribution is 2.70. The van der Waals surface area contributed by atoms with E-state index >= 15 is 0 Å². The van der Waals surface area contributed by atoms with E-state index in [0.29, 0.717) is 22.6 Å². The van der Waals surface area contributed by atoms with Crippen LogP contribution in [0.15, 0.2) is 16.5 Å². The Balaban J connectivity index is 1.93. The summed E-state index contributed by atoms with van der Waals surface area (Å²) < 4.78 is 17.1. The van der Waals surface area contributed by atoms with Gasteiger partial charge >= 0.3 is 0 Å². The number of pyridine rings is 1. The third-order valence-corrected chi connectivity index (χ3v) is 5.40. The molecular weight excluding hydrogens is 213 g/mol. The van der Waals surface area contributed by atoms with E-state index in [2.05, 4.69) is 4.98 Å². The lowest BCUT2D eigenvalue weighted by Crippen LogP contribution is -2.00. The lowest BCUT2D eigenvalue weighted by Gasteiger charge is -2.00. The average Bonchev–Trinajstić information content (AvgIpc) is 2.87. The summed E-state index contributed by atoms with van der Waals surface area (Å²) in [6.45, 7) is 0. The molecule has 0 aliphatic carbocycles. The maximum Gasteiger partial charge on any atom is 0.214 e. The van der Waals surface area contributed by atoms with E-state index in [1.165, 1.54) is 0 Å². The molecule has 2 bridgehead atoms. The number of fused-ring (bicyclic) bond motifs is 1. The molecule has 0 radical (unpaired) electrons. The van der Waals surface area contributed by atoms with Crippen LogP contribution in [0.1, 0.15) is 0 Å². The van der Waals surface area contributed by atoms with Gasteiger partial charge in [0.2, 0.25) is 7.14 Å².